The molecule has 3 nitrogen and oxygen atoms in total. The number of hydrogen-bond donors (Lipinski definition) is 2. The Balaban J connectivity index is 2.30. The second-order valence-electron chi connectivity index (χ2n) is 3.45. The van der Waals surface area contributed by atoms with Gasteiger partial charge >= 0.3 is 0 Å². The summed E-state index contributed by atoms with van der Waals surface area (Å²) in [5.74, 6) is 1.57. The minimum atomic E-state index is -0.299. The van der Waals surface area contributed by atoms with Crippen molar-refractivity contribution in [1.82, 2.24) is 5.32 Å². The Labute approximate surface area is 101 Å². The van der Waals surface area contributed by atoms with Gasteiger partial charge in [0.25, 0.3) is 0 Å². The van der Waals surface area contributed by atoms with Gasteiger partial charge in [-0.15, -0.1) is 11.8 Å². The SMILES string of the molecule is CCNCC(O)CSc1ccc(OC)cc1. The first kappa shape index (κ1) is 13.4. The average molecular weight is 241 g/mol. The normalized spacial score (nSPS) is 12.4. The molecule has 1 aromatic carbocycles. The van der Waals surface area contributed by atoms with Gasteiger partial charge in [0.2, 0.25) is 0 Å². The lowest BCUT2D eigenvalue weighted by Crippen LogP contribution is -2.28. The monoisotopic (exact) mass is 241 g/mol. The zero-order chi connectivity index (χ0) is 11.8. The van der Waals surface area contributed by atoms with Crippen molar-refractivity contribution >= 4 is 11.8 Å². The third-order valence-corrected chi connectivity index (χ3v) is 3.29. The Morgan fingerprint density at radius 3 is 2.62 bits per heavy atom. The largest absolute Gasteiger partial charge is 0.497 e. The van der Waals surface area contributed by atoms with E-state index in [1.54, 1.807) is 18.9 Å². The van der Waals surface area contributed by atoms with E-state index >= 15 is 0 Å². The molecule has 1 aromatic rings. The minimum absolute atomic E-state index is 0.299. The fourth-order valence-electron chi connectivity index (χ4n) is 1.23. The molecule has 0 bridgehead atoms. The Hall–Kier alpha value is -0.710. The highest BCUT2D eigenvalue weighted by atomic mass is 32.2. The van der Waals surface area contributed by atoms with Crippen LogP contribution >= 0.6 is 11.8 Å². The molecular formula is C12H19NO2S. The van der Waals surface area contributed by atoms with E-state index in [1.807, 2.05) is 31.2 Å². The van der Waals surface area contributed by atoms with Crippen molar-refractivity contribution in [3.63, 3.8) is 0 Å². The van der Waals surface area contributed by atoms with Crippen molar-refractivity contribution in [2.75, 3.05) is 26.0 Å². The standard InChI is InChI=1S/C12H19NO2S/c1-3-13-8-10(14)9-16-12-6-4-11(15-2)5-7-12/h4-7,10,13-14H,3,8-9H2,1-2H3. The Bertz CT molecular complexity index is 290. The van der Waals surface area contributed by atoms with Crippen molar-refractivity contribution in [3.8, 4) is 5.75 Å². The molecule has 0 saturated heterocycles. The summed E-state index contributed by atoms with van der Waals surface area (Å²) in [6.45, 7) is 3.58. The van der Waals surface area contributed by atoms with E-state index in [4.69, 9.17) is 4.74 Å². The summed E-state index contributed by atoms with van der Waals surface area (Å²) in [6.07, 6.45) is -0.299. The van der Waals surface area contributed by atoms with Gasteiger partial charge < -0.3 is 15.2 Å². The lowest BCUT2D eigenvalue weighted by Gasteiger charge is -2.10. The van der Waals surface area contributed by atoms with Crippen LogP contribution in [-0.4, -0.2) is 37.2 Å². The molecule has 0 fully saturated rings. The zero-order valence-electron chi connectivity index (χ0n) is 9.77. The fraction of sp³-hybridized carbons (Fsp3) is 0.500. The third kappa shape index (κ3) is 4.88. The average Bonchev–Trinajstić information content (AvgIpc) is 2.34. The van der Waals surface area contributed by atoms with Crippen LogP contribution in [0.5, 0.6) is 5.75 Å². The molecule has 0 aliphatic carbocycles. The molecule has 1 unspecified atom stereocenters. The number of rotatable bonds is 7. The first-order chi connectivity index (χ1) is 7.76. The topological polar surface area (TPSA) is 41.5 Å². The molecule has 4 heteroatoms. The van der Waals surface area contributed by atoms with Gasteiger partial charge in [-0.3, -0.25) is 0 Å². The summed E-state index contributed by atoms with van der Waals surface area (Å²) in [6, 6.07) is 7.87. The molecule has 0 aromatic heterocycles. The van der Waals surface area contributed by atoms with Gasteiger partial charge in [-0.05, 0) is 30.8 Å². The van der Waals surface area contributed by atoms with Gasteiger partial charge in [0.05, 0.1) is 13.2 Å². The van der Waals surface area contributed by atoms with E-state index in [2.05, 4.69) is 5.32 Å². The van der Waals surface area contributed by atoms with Gasteiger partial charge in [-0.25, -0.2) is 0 Å². The molecule has 0 heterocycles. The van der Waals surface area contributed by atoms with E-state index in [9.17, 15) is 5.11 Å². The number of benzene rings is 1. The van der Waals surface area contributed by atoms with E-state index in [1.165, 1.54) is 0 Å². The van der Waals surface area contributed by atoms with Crippen LogP contribution in [0.2, 0.25) is 0 Å². The molecule has 0 saturated carbocycles. The molecule has 1 rings (SSSR count). The van der Waals surface area contributed by atoms with Crippen LogP contribution in [0.15, 0.2) is 29.2 Å². The van der Waals surface area contributed by atoms with Crippen molar-refractivity contribution in [2.45, 2.75) is 17.9 Å². The molecule has 16 heavy (non-hydrogen) atoms. The molecule has 0 amide bonds. The second-order valence-corrected chi connectivity index (χ2v) is 4.54. The molecule has 0 aliphatic rings. The van der Waals surface area contributed by atoms with Crippen molar-refractivity contribution in [2.24, 2.45) is 0 Å². The lowest BCUT2D eigenvalue weighted by atomic mass is 10.3. The summed E-state index contributed by atoms with van der Waals surface area (Å²) in [7, 11) is 1.66. The minimum Gasteiger partial charge on any atom is -0.497 e. The maximum Gasteiger partial charge on any atom is 0.118 e. The van der Waals surface area contributed by atoms with E-state index < -0.39 is 0 Å². The molecule has 1 atom stereocenters. The van der Waals surface area contributed by atoms with Crippen molar-refractivity contribution < 1.29 is 9.84 Å². The molecular weight excluding hydrogens is 222 g/mol. The van der Waals surface area contributed by atoms with Gasteiger partial charge in [-0.1, -0.05) is 6.92 Å². The van der Waals surface area contributed by atoms with Crippen LogP contribution < -0.4 is 10.1 Å². The van der Waals surface area contributed by atoms with Crippen LogP contribution in [0.3, 0.4) is 0 Å². The van der Waals surface area contributed by atoms with Crippen molar-refractivity contribution in [1.29, 1.82) is 0 Å². The third-order valence-electron chi connectivity index (χ3n) is 2.13. The fourth-order valence-corrected chi connectivity index (χ4v) is 2.07. The van der Waals surface area contributed by atoms with Gasteiger partial charge in [0.1, 0.15) is 5.75 Å². The summed E-state index contributed by atoms with van der Waals surface area (Å²) >= 11 is 1.65. The van der Waals surface area contributed by atoms with Crippen molar-refractivity contribution in [3.05, 3.63) is 24.3 Å². The van der Waals surface area contributed by atoms with Gasteiger partial charge in [0, 0.05) is 17.2 Å². The van der Waals surface area contributed by atoms with E-state index in [-0.39, 0.29) is 6.10 Å². The highest BCUT2D eigenvalue weighted by Gasteiger charge is 2.04. The summed E-state index contributed by atoms with van der Waals surface area (Å²) in [5, 5.41) is 12.8. The number of nitrogens with one attached hydrogen (secondary N) is 1. The number of aliphatic hydroxyl groups excluding tert-OH is 1. The molecule has 0 spiro atoms. The van der Waals surface area contributed by atoms with E-state index in [0.717, 1.165) is 17.2 Å². The Kier molecular flexibility index (Phi) is 6.30. The number of likely N-dealkylation sites (N-methyl/N-ethyl adjacent to an activating group) is 1. The maximum atomic E-state index is 9.63. The van der Waals surface area contributed by atoms with E-state index in [0.29, 0.717) is 12.3 Å². The first-order valence-electron chi connectivity index (χ1n) is 5.42. The quantitative estimate of drug-likeness (QED) is 0.714. The highest BCUT2D eigenvalue weighted by molar-refractivity contribution is 7.99. The van der Waals surface area contributed by atoms with Gasteiger partial charge in [-0.2, -0.15) is 0 Å². The Morgan fingerprint density at radius 2 is 2.06 bits per heavy atom. The first-order valence-corrected chi connectivity index (χ1v) is 6.40. The number of hydrogen-bond acceptors (Lipinski definition) is 4. The number of methoxy groups -OCH3 is 1. The second kappa shape index (κ2) is 7.54. The van der Waals surface area contributed by atoms with Gasteiger partial charge in [0.15, 0.2) is 0 Å². The summed E-state index contributed by atoms with van der Waals surface area (Å²) in [5.41, 5.74) is 0. The lowest BCUT2D eigenvalue weighted by molar-refractivity contribution is 0.197. The molecule has 2 N–H and O–H groups in total. The zero-order valence-corrected chi connectivity index (χ0v) is 10.6. The maximum absolute atomic E-state index is 9.63. The smallest absolute Gasteiger partial charge is 0.118 e. The number of aliphatic hydroxyl groups is 1. The summed E-state index contributed by atoms with van der Waals surface area (Å²) in [4.78, 5) is 1.15. The van der Waals surface area contributed by atoms with Crippen LogP contribution in [-0.2, 0) is 0 Å². The van der Waals surface area contributed by atoms with Crippen LogP contribution in [0, 0.1) is 0 Å². The molecule has 0 aliphatic heterocycles. The highest BCUT2D eigenvalue weighted by Crippen LogP contribution is 2.21. The predicted octanol–water partition coefficient (Wildman–Crippen LogP) is 1.76. The van der Waals surface area contributed by atoms with Crippen LogP contribution in [0.4, 0.5) is 0 Å². The molecule has 90 valence electrons. The van der Waals surface area contributed by atoms with Crippen LogP contribution in [0.1, 0.15) is 6.92 Å². The Morgan fingerprint density at radius 1 is 1.38 bits per heavy atom. The predicted molar refractivity (Wildman–Crippen MR) is 68.3 cm³/mol. The summed E-state index contributed by atoms with van der Waals surface area (Å²) < 4.78 is 5.08. The van der Waals surface area contributed by atoms with Crippen LogP contribution in [0.25, 0.3) is 0 Å². The number of thioether (sulfide) groups is 1. The number of ether oxygens (including phenoxy) is 1. The molecule has 0 radical (unpaired) electrons.